The van der Waals surface area contributed by atoms with E-state index in [4.69, 9.17) is 37.4 Å². The number of hydrogen-bond donors (Lipinski definition) is 1. The predicted molar refractivity (Wildman–Crippen MR) is 122 cm³/mol. The molecule has 0 aromatic heterocycles. The Morgan fingerprint density at radius 2 is 1.52 bits per heavy atom. The molecule has 11 heteroatoms. The Morgan fingerprint density at radius 1 is 0.939 bits per heavy atom. The second-order valence-corrected chi connectivity index (χ2v) is 7.75. The van der Waals surface area contributed by atoms with Crippen molar-refractivity contribution in [3.05, 3.63) is 39.5 Å². The van der Waals surface area contributed by atoms with Crippen LogP contribution in [0.1, 0.15) is 27.7 Å². The van der Waals surface area contributed by atoms with E-state index >= 15 is 0 Å². The number of nitrogens with zero attached hydrogens (tertiary/aromatic N) is 1. The molecule has 1 N–H and O–H groups in total. The summed E-state index contributed by atoms with van der Waals surface area (Å²) in [7, 11) is 0. The molecule has 2 atom stereocenters. The smallest absolute Gasteiger partial charge is 0.336 e. The summed E-state index contributed by atoms with van der Waals surface area (Å²) in [4.78, 5) is 54.8. The first-order valence-electron chi connectivity index (χ1n) is 10.1. The van der Waals surface area contributed by atoms with E-state index in [1.807, 2.05) is 0 Å². The fourth-order valence-electron chi connectivity index (χ4n) is 3.32. The summed E-state index contributed by atoms with van der Waals surface area (Å²) >= 11 is 12.1. The highest BCUT2D eigenvalue weighted by atomic mass is 35.5. The van der Waals surface area contributed by atoms with Crippen molar-refractivity contribution in [2.45, 2.75) is 27.7 Å². The first-order chi connectivity index (χ1) is 15.6. The number of carbonyl (C=O) groups excluding carboxylic acids is 4. The molecule has 0 saturated heterocycles. The Kier molecular flexibility index (Phi) is 9.43. The molecule has 2 rings (SSSR count). The standard InChI is InChI=1S/C22H24Cl2N2O7/c1-5-31-20(28)16-11(3)25-12(4)17(21(29)32-6-2)18(16)22(30)33-10-15(27)26-19-13(23)8-7-9-14(19)24/h7-9,16,18H,5-6,10H2,1-4H3,(H,26,27). The average molecular weight is 499 g/mol. The zero-order valence-electron chi connectivity index (χ0n) is 18.6. The van der Waals surface area contributed by atoms with Crippen LogP contribution < -0.4 is 5.32 Å². The number of benzene rings is 1. The second kappa shape index (κ2) is 11.8. The quantitative estimate of drug-likeness (QED) is 0.429. The van der Waals surface area contributed by atoms with E-state index in [0.29, 0.717) is 0 Å². The number of allylic oxidation sites excluding steroid dienone is 1. The number of rotatable bonds is 8. The van der Waals surface area contributed by atoms with Crippen molar-refractivity contribution in [3.8, 4) is 0 Å². The first-order valence-corrected chi connectivity index (χ1v) is 10.9. The van der Waals surface area contributed by atoms with Crippen LogP contribution in [0.2, 0.25) is 10.0 Å². The molecule has 1 aliphatic heterocycles. The van der Waals surface area contributed by atoms with Crippen LogP contribution in [0, 0.1) is 11.8 Å². The van der Waals surface area contributed by atoms with Crippen molar-refractivity contribution < 1.29 is 33.4 Å². The SMILES string of the molecule is CCOC(=O)C1=C(C)N=C(C)C(C(=O)OCC)C1C(=O)OCC(=O)Nc1c(Cl)cccc1Cl. The predicted octanol–water partition coefficient (Wildman–Crippen LogP) is 3.58. The molecule has 1 heterocycles. The zero-order chi connectivity index (χ0) is 24.7. The molecule has 178 valence electrons. The van der Waals surface area contributed by atoms with Gasteiger partial charge in [0.2, 0.25) is 0 Å². The summed E-state index contributed by atoms with van der Waals surface area (Å²) in [6.45, 7) is 5.66. The summed E-state index contributed by atoms with van der Waals surface area (Å²) in [5.41, 5.74) is 0.518. The Balaban J connectivity index is 2.28. The summed E-state index contributed by atoms with van der Waals surface area (Å²) < 4.78 is 15.3. The molecule has 1 aromatic carbocycles. The Hall–Kier alpha value is -2.91. The van der Waals surface area contributed by atoms with Gasteiger partial charge in [0, 0.05) is 11.4 Å². The number of para-hydroxylation sites is 1. The lowest BCUT2D eigenvalue weighted by atomic mass is 9.79. The minimum Gasteiger partial charge on any atom is -0.465 e. The van der Waals surface area contributed by atoms with Crippen LogP contribution in [-0.4, -0.2) is 49.3 Å². The van der Waals surface area contributed by atoms with E-state index in [1.54, 1.807) is 26.8 Å². The highest BCUT2D eigenvalue weighted by Crippen LogP contribution is 2.34. The van der Waals surface area contributed by atoms with Gasteiger partial charge in [-0.2, -0.15) is 0 Å². The molecule has 0 radical (unpaired) electrons. The van der Waals surface area contributed by atoms with Gasteiger partial charge in [-0.25, -0.2) is 4.79 Å². The summed E-state index contributed by atoms with van der Waals surface area (Å²) in [5, 5.41) is 2.87. The molecule has 2 unspecified atom stereocenters. The normalized spacial score (nSPS) is 17.7. The highest BCUT2D eigenvalue weighted by Gasteiger charge is 2.46. The topological polar surface area (TPSA) is 120 Å². The van der Waals surface area contributed by atoms with Crippen LogP contribution in [-0.2, 0) is 33.4 Å². The van der Waals surface area contributed by atoms with Crippen LogP contribution in [0.15, 0.2) is 34.5 Å². The van der Waals surface area contributed by atoms with Crippen molar-refractivity contribution in [2.24, 2.45) is 16.8 Å². The molecular weight excluding hydrogens is 475 g/mol. The summed E-state index contributed by atoms with van der Waals surface area (Å²) in [5.74, 6) is -5.85. The fourth-order valence-corrected chi connectivity index (χ4v) is 3.81. The number of hydrogen-bond acceptors (Lipinski definition) is 8. The molecular formula is C22H24Cl2N2O7. The van der Waals surface area contributed by atoms with E-state index < -0.39 is 42.3 Å². The zero-order valence-corrected chi connectivity index (χ0v) is 20.1. The van der Waals surface area contributed by atoms with Gasteiger partial charge in [0.25, 0.3) is 5.91 Å². The first kappa shape index (κ1) is 26.3. The van der Waals surface area contributed by atoms with Crippen molar-refractivity contribution in [3.63, 3.8) is 0 Å². The maximum Gasteiger partial charge on any atom is 0.336 e. The van der Waals surface area contributed by atoms with Gasteiger partial charge < -0.3 is 19.5 Å². The Labute approximate surface area is 201 Å². The maximum absolute atomic E-state index is 13.1. The van der Waals surface area contributed by atoms with Crippen molar-refractivity contribution in [1.82, 2.24) is 0 Å². The second-order valence-electron chi connectivity index (χ2n) is 6.93. The third-order valence-electron chi connectivity index (χ3n) is 4.69. The highest BCUT2D eigenvalue weighted by molar-refractivity contribution is 6.39. The molecule has 0 bridgehead atoms. The Morgan fingerprint density at radius 3 is 2.09 bits per heavy atom. The van der Waals surface area contributed by atoms with Crippen LogP contribution in [0.4, 0.5) is 5.69 Å². The lowest BCUT2D eigenvalue weighted by Gasteiger charge is -2.29. The van der Waals surface area contributed by atoms with Crippen molar-refractivity contribution >= 4 is 58.4 Å². The number of aliphatic imine (C=N–C) groups is 1. The maximum atomic E-state index is 13.1. The van der Waals surface area contributed by atoms with E-state index in [-0.39, 0.29) is 45.9 Å². The number of ether oxygens (including phenoxy) is 3. The largest absolute Gasteiger partial charge is 0.465 e. The minimum atomic E-state index is -1.39. The summed E-state index contributed by atoms with van der Waals surface area (Å²) in [6.07, 6.45) is 0. The Bertz CT molecular complexity index is 1000. The van der Waals surface area contributed by atoms with Crippen LogP contribution in [0.3, 0.4) is 0 Å². The molecule has 0 fully saturated rings. The van der Waals surface area contributed by atoms with E-state index in [1.165, 1.54) is 19.1 Å². The fraction of sp³-hybridized carbons (Fsp3) is 0.409. The molecule has 33 heavy (non-hydrogen) atoms. The third-order valence-corrected chi connectivity index (χ3v) is 5.32. The van der Waals surface area contributed by atoms with Gasteiger partial charge in [0.15, 0.2) is 6.61 Å². The van der Waals surface area contributed by atoms with E-state index in [2.05, 4.69) is 10.3 Å². The lowest BCUT2D eigenvalue weighted by molar-refractivity contribution is -0.159. The number of anilines is 1. The van der Waals surface area contributed by atoms with Gasteiger partial charge in [-0.05, 0) is 39.8 Å². The summed E-state index contributed by atoms with van der Waals surface area (Å²) in [6, 6.07) is 4.67. The number of amides is 1. The van der Waals surface area contributed by atoms with E-state index in [9.17, 15) is 19.2 Å². The molecule has 1 aliphatic rings. The molecule has 0 aliphatic carbocycles. The van der Waals surface area contributed by atoms with Crippen LogP contribution in [0.5, 0.6) is 0 Å². The van der Waals surface area contributed by atoms with Gasteiger partial charge in [0.1, 0.15) is 11.8 Å². The van der Waals surface area contributed by atoms with Gasteiger partial charge >= 0.3 is 17.9 Å². The number of esters is 3. The van der Waals surface area contributed by atoms with Crippen molar-refractivity contribution in [2.75, 3.05) is 25.1 Å². The van der Waals surface area contributed by atoms with Gasteiger partial charge in [-0.3, -0.25) is 19.4 Å². The van der Waals surface area contributed by atoms with Crippen LogP contribution >= 0.6 is 23.2 Å². The molecule has 1 amide bonds. The number of nitrogens with one attached hydrogen (secondary N) is 1. The van der Waals surface area contributed by atoms with Crippen molar-refractivity contribution in [1.29, 1.82) is 0 Å². The number of carbonyl (C=O) groups is 4. The van der Waals surface area contributed by atoms with Gasteiger partial charge in [0.05, 0.1) is 34.5 Å². The third kappa shape index (κ3) is 6.33. The molecule has 1 aromatic rings. The number of halogens is 2. The monoisotopic (exact) mass is 498 g/mol. The molecule has 0 spiro atoms. The minimum absolute atomic E-state index is 0.0468. The van der Waals surface area contributed by atoms with Crippen LogP contribution in [0.25, 0.3) is 0 Å². The molecule has 0 saturated carbocycles. The lowest BCUT2D eigenvalue weighted by Crippen LogP contribution is -2.43. The van der Waals surface area contributed by atoms with Gasteiger partial charge in [-0.1, -0.05) is 29.3 Å². The molecule has 9 nitrogen and oxygen atoms in total. The van der Waals surface area contributed by atoms with E-state index in [0.717, 1.165) is 0 Å². The van der Waals surface area contributed by atoms with Gasteiger partial charge in [-0.15, -0.1) is 0 Å². The average Bonchev–Trinajstić information content (AvgIpc) is 2.74.